The number of thiophene rings is 1. The third kappa shape index (κ3) is 4.71. The molecule has 0 radical (unpaired) electrons. The topological polar surface area (TPSA) is 46.6 Å². The molecule has 0 unspecified atom stereocenters. The Balaban J connectivity index is 1.51. The zero-order chi connectivity index (χ0) is 17.9. The van der Waals surface area contributed by atoms with Crippen molar-refractivity contribution >= 4 is 44.7 Å². The van der Waals surface area contributed by atoms with Crippen molar-refractivity contribution in [3.8, 4) is 5.75 Å². The molecule has 0 spiro atoms. The van der Waals surface area contributed by atoms with Gasteiger partial charge in [0.2, 0.25) is 0 Å². The Hall–Kier alpha value is -0.730. The predicted octanol–water partition coefficient (Wildman–Crippen LogP) is 4.60. The first-order valence-corrected chi connectivity index (χ1v) is 11.6. The summed E-state index contributed by atoms with van der Waals surface area (Å²) < 4.78 is 32.8. The molecule has 1 aromatic carbocycles. The van der Waals surface area contributed by atoms with Crippen LogP contribution < -0.4 is 4.74 Å². The predicted molar refractivity (Wildman–Crippen MR) is 105 cm³/mol. The molecule has 3 rings (SSSR count). The van der Waals surface area contributed by atoms with Gasteiger partial charge in [-0.05, 0) is 55.2 Å². The average molecular weight is 418 g/mol. The van der Waals surface area contributed by atoms with Crippen LogP contribution in [0, 0.1) is 5.92 Å². The molecule has 136 valence electrons. The highest BCUT2D eigenvalue weighted by Gasteiger charge is 2.30. The van der Waals surface area contributed by atoms with E-state index in [1.807, 2.05) is 23.9 Å². The standard InChI is InChI=1S/C17H20ClNO3S3/c1-22-14-2-4-15(5-3-14)23-12-13-8-10-19(11-9-13)25(20,21)17-7-6-16(18)24-17/h2-7,13H,8-12H2,1H3. The van der Waals surface area contributed by atoms with Crippen molar-refractivity contribution in [3.63, 3.8) is 0 Å². The van der Waals surface area contributed by atoms with E-state index >= 15 is 0 Å². The number of sulfonamides is 1. The van der Waals surface area contributed by atoms with Gasteiger partial charge in [0.25, 0.3) is 10.0 Å². The zero-order valence-electron chi connectivity index (χ0n) is 13.9. The molecule has 0 atom stereocenters. The van der Waals surface area contributed by atoms with E-state index in [0.717, 1.165) is 35.7 Å². The van der Waals surface area contributed by atoms with E-state index in [9.17, 15) is 8.42 Å². The summed E-state index contributed by atoms with van der Waals surface area (Å²) in [6, 6.07) is 11.3. The fraction of sp³-hybridized carbons (Fsp3) is 0.412. The number of piperidine rings is 1. The van der Waals surface area contributed by atoms with Crippen LogP contribution in [-0.2, 0) is 10.0 Å². The minimum Gasteiger partial charge on any atom is -0.497 e. The van der Waals surface area contributed by atoms with Crippen LogP contribution in [0.15, 0.2) is 45.5 Å². The van der Waals surface area contributed by atoms with Crippen LogP contribution in [0.4, 0.5) is 0 Å². The van der Waals surface area contributed by atoms with Crippen molar-refractivity contribution in [3.05, 3.63) is 40.7 Å². The van der Waals surface area contributed by atoms with Gasteiger partial charge in [-0.1, -0.05) is 11.6 Å². The lowest BCUT2D eigenvalue weighted by Crippen LogP contribution is -2.38. The van der Waals surface area contributed by atoms with Crippen molar-refractivity contribution in [1.82, 2.24) is 4.31 Å². The number of rotatable bonds is 6. The van der Waals surface area contributed by atoms with Gasteiger partial charge in [-0.2, -0.15) is 4.31 Å². The zero-order valence-corrected chi connectivity index (χ0v) is 17.1. The Morgan fingerprint density at radius 1 is 1.20 bits per heavy atom. The molecule has 1 fully saturated rings. The molecule has 0 aliphatic carbocycles. The lowest BCUT2D eigenvalue weighted by Gasteiger charge is -2.30. The van der Waals surface area contributed by atoms with Gasteiger partial charge in [-0.15, -0.1) is 23.1 Å². The molecule has 25 heavy (non-hydrogen) atoms. The molecular weight excluding hydrogens is 398 g/mol. The van der Waals surface area contributed by atoms with Crippen LogP contribution in [0.25, 0.3) is 0 Å². The minimum absolute atomic E-state index is 0.337. The lowest BCUT2D eigenvalue weighted by molar-refractivity contribution is 0.291. The van der Waals surface area contributed by atoms with Crippen LogP contribution in [0.3, 0.4) is 0 Å². The summed E-state index contributed by atoms with van der Waals surface area (Å²) in [6.07, 6.45) is 1.78. The van der Waals surface area contributed by atoms with Gasteiger partial charge >= 0.3 is 0 Å². The van der Waals surface area contributed by atoms with E-state index in [0.29, 0.717) is 27.6 Å². The molecule has 0 saturated carbocycles. The maximum atomic E-state index is 12.6. The SMILES string of the molecule is COc1ccc(SCC2CCN(S(=O)(=O)c3ccc(Cl)s3)CC2)cc1. The summed E-state index contributed by atoms with van der Waals surface area (Å²) in [7, 11) is -1.73. The van der Waals surface area contributed by atoms with E-state index < -0.39 is 10.0 Å². The quantitative estimate of drug-likeness (QED) is 0.644. The number of thioether (sulfide) groups is 1. The number of nitrogens with zero attached hydrogens (tertiary/aromatic N) is 1. The van der Waals surface area contributed by atoms with E-state index in [1.165, 1.54) is 4.90 Å². The van der Waals surface area contributed by atoms with Crippen LogP contribution in [0.1, 0.15) is 12.8 Å². The van der Waals surface area contributed by atoms with Crippen LogP contribution >= 0.6 is 34.7 Å². The fourth-order valence-electron chi connectivity index (χ4n) is 2.77. The van der Waals surface area contributed by atoms with Gasteiger partial charge in [0.05, 0.1) is 11.4 Å². The minimum atomic E-state index is -3.39. The lowest BCUT2D eigenvalue weighted by atomic mass is 10.0. The Morgan fingerprint density at radius 2 is 1.88 bits per heavy atom. The highest BCUT2D eigenvalue weighted by molar-refractivity contribution is 7.99. The van der Waals surface area contributed by atoms with Crippen molar-refractivity contribution in [2.45, 2.75) is 21.9 Å². The van der Waals surface area contributed by atoms with E-state index in [-0.39, 0.29) is 0 Å². The summed E-state index contributed by atoms with van der Waals surface area (Å²) in [5.41, 5.74) is 0. The summed E-state index contributed by atoms with van der Waals surface area (Å²) in [5.74, 6) is 2.40. The molecule has 4 nitrogen and oxygen atoms in total. The van der Waals surface area contributed by atoms with Crippen LogP contribution in [-0.4, -0.2) is 38.7 Å². The molecule has 1 aromatic heterocycles. The third-order valence-corrected chi connectivity index (χ3v) is 9.10. The van der Waals surface area contributed by atoms with Gasteiger partial charge in [-0.3, -0.25) is 0 Å². The summed E-state index contributed by atoms with van der Waals surface area (Å²) in [4.78, 5) is 1.21. The Bertz CT molecular complexity index is 797. The van der Waals surface area contributed by atoms with Gasteiger partial charge < -0.3 is 4.74 Å². The van der Waals surface area contributed by atoms with Crippen molar-refractivity contribution in [2.24, 2.45) is 5.92 Å². The second-order valence-electron chi connectivity index (χ2n) is 5.89. The highest BCUT2D eigenvalue weighted by atomic mass is 35.5. The maximum absolute atomic E-state index is 12.6. The Kier molecular flexibility index (Phi) is 6.33. The molecule has 8 heteroatoms. The smallest absolute Gasteiger partial charge is 0.252 e. The number of halogens is 1. The van der Waals surface area contributed by atoms with E-state index in [1.54, 1.807) is 23.5 Å². The monoisotopic (exact) mass is 417 g/mol. The summed E-state index contributed by atoms with van der Waals surface area (Å²) in [6.45, 7) is 1.15. The maximum Gasteiger partial charge on any atom is 0.252 e. The molecule has 2 aromatic rings. The highest BCUT2D eigenvalue weighted by Crippen LogP contribution is 2.32. The van der Waals surface area contributed by atoms with E-state index in [4.69, 9.17) is 16.3 Å². The first-order valence-electron chi connectivity index (χ1n) is 8.01. The van der Waals surface area contributed by atoms with Gasteiger partial charge in [0, 0.05) is 23.7 Å². The molecule has 1 aliphatic heterocycles. The first kappa shape index (κ1) is 19.0. The molecule has 0 bridgehead atoms. The Morgan fingerprint density at radius 3 is 2.44 bits per heavy atom. The number of methoxy groups -OCH3 is 1. The molecule has 1 saturated heterocycles. The fourth-order valence-corrected chi connectivity index (χ4v) is 6.96. The summed E-state index contributed by atoms with van der Waals surface area (Å²) in [5, 5.41) is 0. The Labute approximate surface area is 162 Å². The van der Waals surface area contributed by atoms with Gasteiger partial charge in [0.15, 0.2) is 0 Å². The van der Waals surface area contributed by atoms with Crippen molar-refractivity contribution in [2.75, 3.05) is 26.0 Å². The number of benzene rings is 1. The van der Waals surface area contributed by atoms with Crippen molar-refractivity contribution in [1.29, 1.82) is 0 Å². The molecular formula is C17H20ClNO3S3. The molecule has 2 heterocycles. The second-order valence-corrected chi connectivity index (χ2v) is 10.9. The van der Waals surface area contributed by atoms with Gasteiger partial charge in [-0.25, -0.2) is 8.42 Å². The van der Waals surface area contributed by atoms with E-state index in [2.05, 4.69) is 12.1 Å². The molecule has 1 aliphatic rings. The van der Waals surface area contributed by atoms with Crippen LogP contribution in [0.2, 0.25) is 4.34 Å². The normalized spacial score (nSPS) is 16.9. The van der Waals surface area contributed by atoms with Gasteiger partial charge in [0.1, 0.15) is 9.96 Å². The number of ether oxygens (including phenoxy) is 1. The third-order valence-electron chi connectivity index (χ3n) is 4.26. The number of hydrogen-bond donors (Lipinski definition) is 0. The largest absolute Gasteiger partial charge is 0.497 e. The number of hydrogen-bond acceptors (Lipinski definition) is 5. The molecule has 0 N–H and O–H groups in total. The molecule has 0 amide bonds. The van der Waals surface area contributed by atoms with Crippen LogP contribution in [0.5, 0.6) is 5.75 Å². The second kappa shape index (κ2) is 8.31. The summed E-state index contributed by atoms with van der Waals surface area (Å²) >= 11 is 8.81. The average Bonchev–Trinajstić information content (AvgIpc) is 3.08. The first-order chi connectivity index (χ1) is 12.0. The van der Waals surface area contributed by atoms with Crippen molar-refractivity contribution < 1.29 is 13.2 Å².